The molecular weight excluding hydrogens is 265 g/mol. The molecule has 0 saturated heterocycles. The average molecular weight is 285 g/mol. The highest BCUT2D eigenvalue weighted by atomic mass is 19.1. The summed E-state index contributed by atoms with van der Waals surface area (Å²) in [6.45, 7) is 0. The van der Waals surface area contributed by atoms with Gasteiger partial charge in [0.05, 0.1) is 13.2 Å². The second-order valence-electron chi connectivity index (χ2n) is 5.66. The zero-order valence-electron chi connectivity index (χ0n) is 12.2. The van der Waals surface area contributed by atoms with Gasteiger partial charge < -0.3 is 10.5 Å². The lowest BCUT2D eigenvalue weighted by Gasteiger charge is -2.26. The van der Waals surface area contributed by atoms with Crippen LogP contribution < -0.4 is 10.5 Å². The molecule has 0 heterocycles. The molecule has 0 aliphatic heterocycles. The number of methoxy groups -OCH3 is 1. The summed E-state index contributed by atoms with van der Waals surface area (Å²) in [7, 11) is 1.52. The predicted octanol–water partition coefficient (Wildman–Crippen LogP) is 4.15. The Labute approximate surface area is 124 Å². The summed E-state index contributed by atoms with van der Waals surface area (Å²) in [5.41, 5.74) is 8.99. The molecule has 0 aromatic heterocycles. The van der Waals surface area contributed by atoms with Crippen molar-refractivity contribution in [2.75, 3.05) is 7.11 Å². The van der Waals surface area contributed by atoms with Gasteiger partial charge in [0, 0.05) is 11.6 Å². The highest BCUT2D eigenvalue weighted by Gasteiger charge is 2.20. The van der Waals surface area contributed by atoms with Crippen LogP contribution in [-0.4, -0.2) is 7.11 Å². The summed E-state index contributed by atoms with van der Waals surface area (Å²) < 4.78 is 19.1. The van der Waals surface area contributed by atoms with Crippen LogP contribution in [0.15, 0.2) is 42.5 Å². The normalized spacial score (nSPS) is 16.3. The fraction of sp³-hybridized carbons (Fsp3) is 0.333. The first-order valence-corrected chi connectivity index (χ1v) is 7.38. The van der Waals surface area contributed by atoms with Gasteiger partial charge in [0.2, 0.25) is 0 Å². The first-order chi connectivity index (χ1) is 10.2. The van der Waals surface area contributed by atoms with Crippen LogP contribution in [0.2, 0.25) is 0 Å². The van der Waals surface area contributed by atoms with Crippen LogP contribution in [0.3, 0.4) is 0 Å². The largest absolute Gasteiger partial charge is 0.497 e. The van der Waals surface area contributed by atoms with Crippen LogP contribution in [0.4, 0.5) is 4.39 Å². The quantitative estimate of drug-likeness (QED) is 0.916. The summed E-state index contributed by atoms with van der Waals surface area (Å²) >= 11 is 0. The second kappa shape index (κ2) is 5.86. The van der Waals surface area contributed by atoms with Crippen LogP contribution in [-0.2, 0) is 0 Å². The molecule has 3 rings (SSSR count). The molecular formula is C18H20FNO. The molecule has 1 aliphatic rings. The molecule has 0 radical (unpaired) electrons. The first kappa shape index (κ1) is 14.1. The summed E-state index contributed by atoms with van der Waals surface area (Å²) in [6.07, 6.45) is 3.88. The van der Waals surface area contributed by atoms with Gasteiger partial charge in [-0.15, -0.1) is 0 Å². The Kier molecular flexibility index (Phi) is 3.93. The highest BCUT2D eigenvalue weighted by molar-refractivity contribution is 5.38. The molecule has 1 atom stereocenters. The number of nitrogens with two attached hydrogens (primary N) is 1. The third-order valence-corrected chi connectivity index (χ3v) is 4.41. The molecule has 21 heavy (non-hydrogen) atoms. The van der Waals surface area contributed by atoms with E-state index in [4.69, 9.17) is 10.5 Å². The van der Waals surface area contributed by atoms with E-state index in [0.29, 0.717) is 17.2 Å². The fourth-order valence-electron chi connectivity index (χ4n) is 2.78. The Balaban J connectivity index is 1.82. The fourth-order valence-corrected chi connectivity index (χ4v) is 2.78. The van der Waals surface area contributed by atoms with E-state index in [1.54, 1.807) is 12.1 Å². The molecule has 1 unspecified atom stereocenters. The molecule has 1 fully saturated rings. The topological polar surface area (TPSA) is 35.2 Å². The molecule has 110 valence electrons. The Bertz CT molecular complexity index is 620. The Hall–Kier alpha value is -1.87. The highest BCUT2D eigenvalue weighted by Crippen LogP contribution is 2.36. The van der Waals surface area contributed by atoms with Gasteiger partial charge in [0.15, 0.2) is 0 Å². The third-order valence-electron chi connectivity index (χ3n) is 4.41. The summed E-state index contributed by atoms with van der Waals surface area (Å²) in [5, 5.41) is 0. The Morgan fingerprint density at radius 2 is 1.86 bits per heavy atom. The van der Waals surface area contributed by atoms with E-state index in [2.05, 4.69) is 12.1 Å². The maximum absolute atomic E-state index is 14.1. The van der Waals surface area contributed by atoms with Crippen molar-refractivity contribution < 1.29 is 9.13 Å². The van der Waals surface area contributed by atoms with Crippen LogP contribution in [0.1, 0.15) is 47.9 Å². The van der Waals surface area contributed by atoms with Gasteiger partial charge in [-0.05, 0) is 36.0 Å². The lowest BCUT2D eigenvalue weighted by molar-refractivity contribution is 0.410. The Morgan fingerprint density at radius 1 is 1.14 bits per heavy atom. The minimum atomic E-state index is -0.452. The zero-order valence-corrected chi connectivity index (χ0v) is 12.2. The predicted molar refractivity (Wildman–Crippen MR) is 82.0 cm³/mol. The van der Waals surface area contributed by atoms with Crippen molar-refractivity contribution in [3.05, 3.63) is 65.0 Å². The van der Waals surface area contributed by atoms with E-state index >= 15 is 0 Å². The molecule has 1 saturated carbocycles. The maximum Gasteiger partial charge on any atom is 0.132 e. The van der Waals surface area contributed by atoms with Gasteiger partial charge >= 0.3 is 0 Å². The van der Waals surface area contributed by atoms with Crippen LogP contribution in [0.5, 0.6) is 5.75 Å². The van der Waals surface area contributed by atoms with Crippen LogP contribution in [0.25, 0.3) is 0 Å². The molecule has 2 aromatic carbocycles. The van der Waals surface area contributed by atoms with Crippen LogP contribution >= 0.6 is 0 Å². The first-order valence-electron chi connectivity index (χ1n) is 7.38. The summed E-state index contributed by atoms with van der Waals surface area (Å²) in [4.78, 5) is 0. The average Bonchev–Trinajstić information content (AvgIpc) is 2.45. The van der Waals surface area contributed by atoms with Gasteiger partial charge in [0.1, 0.15) is 11.6 Å². The standard InChI is InChI=1S/C18H20FNO/c1-21-15-9-10-16(17(19)11-15)18(20)14-7-5-13(6-8-14)12-3-2-4-12/h5-12,18H,2-4,20H2,1H3. The van der Waals surface area contributed by atoms with Gasteiger partial charge in [-0.2, -0.15) is 0 Å². The second-order valence-corrected chi connectivity index (χ2v) is 5.66. The maximum atomic E-state index is 14.1. The summed E-state index contributed by atoms with van der Waals surface area (Å²) in [5.74, 6) is 0.877. The van der Waals surface area contributed by atoms with E-state index < -0.39 is 6.04 Å². The van der Waals surface area contributed by atoms with Gasteiger partial charge in [-0.25, -0.2) is 4.39 Å². The van der Waals surface area contributed by atoms with E-state index in [9.17, 15) is 4.39 Å². The van der Waals surface area contributed by atoms with Gasteiger partial charge in [-0.1, -0.05) is 36.8 Å². The molecule has 0 spiro atoms. The lowest BCUT2D eigenvalue weighted by atomic mass is 9.79. The molecule has 1 aliphatic carbocycles. The van der Waals surface area contributed by atoms with Crippen LogP contribution in [0, 0.1) is 5.82 Å². The number of rotatable bonds is 4. The number of halogens is 1. The van der Waals surface area contributed by atoms with E-state index in [-0.39, 0.29) is 5.82 Å². The molecule has 2 nitrogen and oxygen atoms in total. The monoisotopic (exact) mass is 285 g/mol. The van der Waals surface area contributed by atoms with Crippen molar-refractivity contribution >= 4 is 0 Å². The lowest BCUT2D eigenvalue weighted by Crippen LogP contribution is -2.14. The van der Waals surface area contributed by atoms with Crippen molar-refractivity contribution in [3.63, 3.8) is 0 Å². The van der Waals surface area contributed by atoms with Crippen molar-refractivity contribution in [2.24, 2.45) is 5.73 Å². The van der Waals surface area contributed by atoms with Crippen molar-refractivity contribution in [1.29, 1.82) is 0 Å². The minimum absolute atomic E-state index is 0.329. The number of benzene rings is 2. The molecule has 0 amide bonds. The van der Waals surface area contributed by atoms with E-state index in [1.165, 1.54) is 38.0 Å². The number of ether oxygens (including phenoxy) is 1. The zero-order chi connectivity index (χ0) is 14.8. The van der Waals surface area contributed by atoms with E-state index in [1.807, 2.05) is 12.1 Å². The van der Waals surface area contributed by atoms with Crippen molar-refractivity contribution in [2.45, 2.75) is 31.2 Å². The smallest absolute Gasteiger partial charge is 0.132 e. The SMILES string of the molecule is COc1ccc(C(N)c2ccc(C3CCC3)cc2)c(F)c1. The molecule has 2 N–H and O–H groups in total. The minimum Gasteiger partial charge on any atom is -0.497 e. The Morgan fingerprint density at radius 3 is 2.38 bits per heavy atom. The molecule has 3 heteroatoms. The van der Waals surface area contributed by atoms with E-state index in [0.717, 1.165) is 5.56 Å². The number of hydrogen-bond donors (Lipinski definition) is 1. The van der Waals surface area contributed by atoms with Crippen molar-refractivity contribution in [3.8, 4) is 5.75 Å². The third kappa shape index (κ3) is 2.79. The number of hydrogen-bond acceptors (Lipinski definition) is 2. The van der Waals surface area contributed by atoms with Gasteiger partial charge in [0.25, 0.3) is 0 Å². The molecule has 2 aromatic rings. The molecule has 0 bridgehead atoms. The summed E-state index contributed by atoms with van der Waals surface area (Å²) in [6, 6.07) is 12.6. The van der Waals surface area contributed by atoms with Crippen molar-refractivity contribution in [1.82, 2.24) is 0 Å². The van der Waals surface area contributed by atoms with Gasteiger partial charge in [-0.3, -0.25) is 0 Å².